The molecule has 73 valence electrons. The van der Waals surface area contributed by atoms with Crippen LogP contribution in [0.2, 0.25) is 13.6 Å². The maximum atomic E-state index is 4.38. The largest absolute Gasteiger partial charge is 0.331 e. The molecule has 1 heterocycles. The van der Waals surface area contributed by atoms with Crippen molar-refractivity contribution in [2.24, 2.45) is 7.05 Å². The zero-order valence-corrected chi connectivity index (χ0v) is 9.28. The molecule has 2 nitrogen and oxygen atoms in total. The van der Waals surface area contributed by atoms with E-state index in [9.17, 15) is 0 Å². The molecule has 3 heteroatoms. The highest BCUT2D eigenvalue weighted by Gasteiger charge is 2.00. The molecule has 1 aromatic heterocycles. The molecule has 2 rings (SSSR count). The fraction of sp³-hybridized carbons (Fsp3) is 0.364. The van der Waals surface area contributed by atoms with E-state index in [0.717, 1.165) is 11.3 Å². The van der Waals surface area contributed by atoms with Crippen LogP contribution < -0.4 is 0 Å². The average molecular weight is 187 g/mol. The minimum Gasteiger partial charge on any atom is -0.331 e. The van der Waals surface area contributed by atoms with Gasteiger partial charge in [-0.05, 0) is 19.1 Å². The van der Waals surface area contributed by atoms with E-state index in [1.54, 1.807) is 0 Å². The van der Waals surface area contributed by atoms with Gasteiger partial charge in [-0.15, -0.1) is 0 Å². The highest BCUT2D eigenvalue weighted by Crippen LogP contribution is 2.12. The second kappa shape index (κ2) is 4.84. The number of hydrogen-bond donors (Lipinski definition) is 0. The molecule has 0 aliphatic heterocycles. The van der Waals surface area contributed by atoms with Crippen LogP contribution in [0.5, 0.6) is 0 Å². The molecule has 0 atom stereocenters. The quantitative estimate of drug-likeness (QED) is 0.579. The van der Waals surface area contributed by atoms with Gasteiger partial charge in [0.1, 0.15) is 13.1 Å². The third-order valence-corrected chi connectivity index (χ3v) is 2.01. The zero-order chi connectivity index (χ0) is 10.6. The third kappa shape index (κ3) is 2.16. The molecule has 0 aliphatic rings. The number of aromatic nitrogens is 2. The zero-order valence-electron chi connectivity index (χ0n) is 9.28. The van der Waals surface area contributed by atoms with E-state index < -0.39 is 0 Å². The third-order valence-electron chi connectivity index (χ3n) is 2.01. The summed E-state index contributed by atoms with van der Waals surface area (Å²) in [5.41, 5.74) is 2.28. The second-order valence-corrected chi connectivity index (χ2v) is 3.28. The summed E-state index contributed by atoms with van der Waals surface area (Å²) in [4.78, 5) is 4.38. The predicted octanol–water partition coefficient (Wildman–Crippen LogP) is 2.67. The minimum atomic E-state index is 1.06. The summed E-state index contributed by atoms with van der Waals surface area (Å²) in [5.74, 6) is 1.06. The van der Waals surface area contributed by atoms with Crippen LogP contribution in [0.15, 0.2) is 24.3 Å². The Labute approximate surface area is 86.2 Å². The number of imidazole rings is 1. The van der Waals surface area contributed by atoms with Crippen molar-refractivity contribution in [3.63, 3.8) is 0 Å². The monoisotopic (exact) mass is 187 g/mol. The Hall–Kier alpha value is -1.25. The van der Waals surface area contributed by atoms with Crippen molar-refractivity contribution in [3.8, 4) is 0 Å². The number of rotatable bonds is 0. The van der Waals surface area contributed by atoms with Gasteiger partial charge in [0, 0.05) is 7.05 Å². The molecule has 0 saturated carbocycles. The predicted molar refractivity (Wildman–Crippen MR) is 62.9 cm³/mol. The molecule has 0 N–H and O–H groups in total. The van der Waals surface area contributed by atoms with Crippen LogP contribution in [-0.2, 0) is 7.05 Å². The van der Waals surface area contributed by atoms with Crippen molar-refractivity contribution in [2.75, 3.05) is 0 Å². The molecular weight excluding hydrogens is 171 g/mol. The van der Waals surface area contributed by atoms with E-state index in [4.69, 9.17) is 0 Å². The van der Waals surface area contributed by atoms with E-state index >= 15 is 0 Å². The van der Waals surface area contributed by atoms with E-state index in [1.165, 1.54) is 5.52 Å². The molecule has 14 heavy (non-hydrogen) atoms. The number of nitrogens with zero attached hydrogens (tertiary/aromatic N) is 2. The lowest BCUT2D eigenvalue weighted by atomic mass is 9.88. The van der Waals surface area contributed by atoms with Crippen molar-refractivity contribution in [1.82, 2.24) is 9.55 Å². The smallest absolute Gasteiger partial charge is 0.106 e. The highest BCUT2D eigenvalue weighted by molar-refractivity contribution is 6.31. The van der Waals surface area contributed by atoms with Crippen LogP contribution in [0, 0.1) is 6.92 Å². The Balaban J connectivity index is 0.000000293. The van der Waals surface area contributed by atoms with Gasteiger partial charge in [0.15, 0.2) is 0 Å². The molecule has 0 aliphatic carbocycles. The molecule has 2 aromatic rings. The Kier molecular flexibility index (Phi) is 3.75. The van der Waals surface area contributed by atoms with Crippen molar-refractivity contribution in [1.29, 1.82) is 0 Å². The fourth-order valence-electron chi connectivity index (χ4n) is 1.27. The van der Waals surface area contributed by atoms with E-state index in [0.29, 0.717) is 0 Å². The van der Waals surface area contributed by atoms with E-state index in [2.05, 4.69) is 15.6 Å². The molecule has 0 unspecified atom stereocenters. The van der Waals surface area contributed by atoms with Gasteiger partial charge in [-0.3, -0.25) is 0 Å². The van der Waals surface area contributed by atoms with Crippen LogP contribution in [0.4, 0.5) is 0 Å². The number of aryl methyl sites for hydroxylation is 2. The van der Waals surface area contributed by atoms with Gasteiger partial charge in [-0.1, -0.05) is 25.8 Å². The summed E-state index contributed by atoms with van der Waals surface area (Å²) < 4.78 is 2.09. The summed E-state index contributed by atoms with van der Waals surface area (Å²) >= 11 is 0. The molecule has 0 fully saturated rings. The van der Waals surface area contributed by atoms with Crippen LogP contribution in [0.25, 0.3) is 11.0 Å². The summed E-state index contributed by atoms with van der Waals surface area (Å²) in [5, 5.41) is 0. The maximum Gasteiger partial charge on any atom is 0.106 e. The first-order valence-corrected chi connectivity index (χ1v) is 4.82. The van der Waals surface area contributed by atoms with Gasteiger partial charge in [0.2, 0.25) is 0 Å². The van der Waals surface area contributed by atoms with Crippen molar-refractivity contribution >= 4 is 18.3 Å². The van der Waals surface area contributed by atoms with Crippen molar-refractivity contribution in [3.05, 3.63) is 30.1 Å². The van der Waals surface area contributed by atoms with Crippen LogP contribution in [-0.4, -0.2) is 16.8 Å². The molecule has 0 amide bonds. The minimum absolute atomic E-state index is 1.06. The number of para-hydroxylation sites is 2. The summed E-state index contributed by atoms with van der Waals surface area (Å²) in [6, 6.07) is 8.15. The molecule has 0 spiro atoms. The van der Waals surface area contributed by atoms with Crippen molar-refractivity contribution < 1.29 is 0 Å². The number of fused-ring (bicyclic) bond motifs is 1. The van der Waals surface area contributed by atoms with Crippen LogP contribution in [0.1, 0.15) is 5.82 Å². The second-order valence-electron chi connectivity index (χ2n) is 3.28. The molecule has 0 saturated heterocycles. The molecule has 1 radical (unpaired) electrons. The average Bonchev–Trinajstić information content (AvgIpc) is 2.45. The molecule has 0 bridgehead atoms. The van der Waals surface area contributed by atoms with Gasteiger partial charge in [-0.2, -0.15) is 0 Å². The standard InChI is InChI=1S/C9H10N2.C2H6B/c1-7-10-8-5-3-4-6-9(8)11(7)2;1-3-2/h3-6H,1-2H3;1-2H3. The Morgan fingerprint density at radius 3 is 2.36 bits per heavy atom. The van der Waals surface area contributed by atoms with E-state index in [-0.39, 0.29) is 0 Å². The van der Waals surface area contributed by atoms with Gasteiger partial charge < -0.3 is 4.57 Å². The molecular formula is C11H16BN2. The topological polar surface area (TPSA) is 17.8 Å². The molecule has 1 aromatic carbocycles. The van der Waals surface area contributed by atoms with Gasteiger partial charge in [-0.25, -0.2) is 4.98 Å². The highest BCUT2D eigenvalue weighted by atomic mass is 15.0. The first kappa shape index (κ1) is 10.8. The Bertz CT molecular complexity index is 407. The SMILES string of the molecule is C[B]C.Cc1nc2ccccc2n1C. The van der Waals surface area contributed by atoms with Gasteiger partial charge >= 0.3 is 0 Å². The summed E-state index contributed by atoms with van der Waals surface area (Å²) in [6.45, 7) is 6.01. The Morgan fingerprint density at radius 1 is 1.21 bits per heavy atom. The first-order valence-electron chi connectivity index (χ1n) is 4.82. The number of benzene rings is 1. The summed E-state index contributed by atoms with van der Waals surface area (Å²) in [6.07, 6.45) is 0. The lowest BCUT2D eigenvalue weighted by molar-refractivity contribution is 0.886. The normalized spacial score (nSPS) is 9.43. The summed E-state index contributed by atoms with van der Waals surface area (Å²) in [7, 11) is 4.03. The van der Waals surface area contributed by atoms with Crippen LogP contribution in [0.3, 0.4) is 0 Å². The number of hydrogen-bond acceptors (Lipinski definition) is 1. The lowest BCUT2D eigenvalue weighted by Crippen LogP contribution is -1.89. The fourth-order valence-corrected chi connectivity index (χ4v) is 1.27. The first-order chi connectivity index (χ1) is 6.70. The van der Waals surface area contributed by atoms with Crippen molar-refractivity contribution in [2.45, 2.75) is 20.6 Å². The van der Waals surface area contributed by atoms with E-state index in [1.807, 2.05) is 53.1 Å². The van der Waals surface area contributed by atoms with Gasteiger partial charge in [0.25, 0.3) is 0 Å². The van der Waals surface area contributed by atoms with Gasteiger partial charge in [0.05, 0.1) is 11.0 Å². The van der Waals surface area contributed by atoms with Crippen LogP contribution >= 0.6 is 0 Å². The Morgan fingerprint density at radius 2 is 1.79 bits per heavy atom. The lowest BCUT2D eigenvalue weighted by Gasteiger charge is -1.93. The maximum absolute atomic E-state index is 4.38.